The highest BCUT2D eigenvalue weighted by molar-refractivity contribution is 5.82. The van der Waals surface area contributed by atoms with Crippen LogP contribution in [0.15, 0.2) is 18.2 Å². The summed E-state index contributed by atoms with van der Waals surface area (Å²) in [6.45, 7) is 8.30. The van der Waals surface area contributed by atoms with Gasteiger partial charge in [-0.25, -0.2) is 0 Å². The molecule has 0 aliphatic carbocycles. The summed E-state index contributed by atoms with van der Waals surface area (Å²) in [6.07, 6.45) is 14.2. The Morgan fingerprint density at radius 1 is 0.839 bits per heavy atom. The van der Waals surface area contributed by atoms with Crippen molar-refractivity contribution in [2.75, 3.05) is 6.61 Å². The second-order valence-corrected chi connectivity index (χ2v) is 8.87. The van der Waals surface area contributed by atoms with E-state index in [-0.39, 0.29) is 18.4 Å². The number of carbonyl (C=O) groups is 2. The minimum Gasteiger partial charge on any atom is -0.483 e. The topological polar surface area (TPSA) is 67.4 Å². The maximum atomic E-state index is 12.0. The first-order valence-corrected chi connectivity index (χ1v) is 12.2. The third kappa shape index (κ3) is 13.1. The van der Waals surface area contributed by atoms with Gasteiger partial charge in [0, 0.05) is 6.42 Å². The Bertz CT molecular complexity index is 644. The normalized spacial score (nSPS) is 10.9. The summed E-state index contributed by atoms with van der Waals surface area (Å²) < 4.78 is 5.68. The summed E-state index contributed by atoms with van der Waals surface area (Å²) in [5.41, 5.74) is 7.08. The molecule has 0 fully saturated rings. The number of carbonyl (C=O) groups excluding carboxylic acids is 2. The molecule has 0 radical (unpaired) electrons. The molecular formula is C26H44N2O3. The fourth-order valence-electron chi connectivity index (χ4n) is 3.57. The summed E-state index contributed by atoms with van der Waals surface area (Å²) in [5, 5.41) is 0. The van der Waals surface area contributed by atoms with Crippen LogP contribution in [0, 0.1) is 6.92 Å². The van der Waals surface area contributed by atoms with E-state index in [2.05, 4.69) is 31.6 Å². The van der Waals surface area contributed by atoms with E-state index >= 15 is 0 Å². The van der Waals surface area contributed by atoms with E-state index in [4.69, 9.17) is 4.74 Å². The maximum Gasteiger partial charge on any atom is 0.276 e. The van der Waals surface area contributed by atoms with Gasteiger partial charge < -0.3 is 4.74 Å². The fourth-order valence-corrected chi connectivity index (χ4v) is 3.57. The Kier molecular flexibility index (Phi) is 14.5. The first kappa shape index (κ1) is 27.0. The van der Waals surface area contributed by atoms with Crippen LogP contribution in [0.1, 0.15) is 115 Å². The van der Waals surface area contributed by atoms with Crippen molar-refractivity contribution >= 4 is 11.8 Å². The van der Waals surface area contributed by atoms with Gasteiger partial charge in [0.2, 0.25) is 5.91 Å². The largest absolute Gasteiger partial charge is 0.483 e. The average Bonchev–Trinajstić information content (AvgIpc) is 2.74. The predicted octanol–water partition coefficient (Wildman–Crippen LogP) is 6.35. The van der Waals surface area contributed by atoms with Crippen LogP contribution in [0.2, 0.25) is 0 Å². The molecule has 0 heterocycles. The zero-order valence-electron chi connectivity index (χ0n) is 20.2. The Morgan fingerprint density at radius 3 is 1.97 bits per heavy atom. The molecule has 5 heteroatoms. The van der Waals surface area contributed by atoms with Gasteiger partial charge >= 0.3 is 0 Å². The lowest BCUT2D eigenvalue weighted by molar-refractivity contribution is -0.130. The number of hydrogen-bond donors (Lipinski definition) is 2. The summed E-state index contributed by atoms with van der Waals surface area (Å²) >= 11 is 0. The molecule has 1 aromatic rings. The molecule has 0 aromatic heterocycles. The fraction of sp³-hybridized carbons (Fsp3) is 0.692. The van der Waals surface area contributed by atoms with E-state index in [1.807, 2.05) is 25.1 Å². The van der Waals surface area contributed by atoms with Crippen LogP contribution >= 0.6 is 0 Å². The SMILES string of the molecule is CCCCCCCCCCCCCC(=O)NNC(=O)COc1cc(C)ccc1C(C)C. The zero-order valence-corrected chi connectivity index (χ0v) is 20.2. The molecule has 1 rings (SSSR count). The molecule has 0 aliphatic heterocycles. The number of hydrazine groups is 1. The van der Waals surface area contributed by atoms with Crippen LogP contribution in [-0.2, 0) is 9.59 Å². The predicted molar refractivity (Wildman–Crippen MR) is 128 cm³/mol. The van der Waals surface area contributed by atoms with E-state index in [0.717, 1.165) is 29.7 Å². The Labute approximate surface area is 189 Å². The summed E-state index contributed by atoms with van der Waals surface area (Å²) in [7, 11) is 0. The highest BCUT2D eigenvalue weighted by Gasteiger charge is 2.11. The second kappa shape index (κ2) is 16.6. The van der Waals surface area contributed by atoms with Crippen LogP contribution in [-0.4, -0.2) is 18.4 Å². The Hall–Kier alpha value is -2.04. The van der Waals surface area contributed by atoms with Crippen molar-refractivity contribution in [3.63, 3.8) is 0 Å². The molecule has 0 spiro atoms. The quantitative estimate of drug-likeness (QED) is 0.236. The molecule has 0 unspecified atom stereocenters. The molecule has 0 bridgehead atoms. The number of hydrogen-bond acceptors (Lipinski definition) is 3. The molecule has 2 N–H and O–H groups in total. The van der Waals surface area contributed by atoms with Gasteiger partial charge in [0.15, 0.2) is 6.61 Å². The van der Waals surface area contributed by atoms with Crippen LogP contribution in [0.4, 0.5) is 0 Å². The average molecular weight is 433 g/mol. The lowest BCUT2D eigenvalue weighted by Crippen LogP contribution is -2.43. The highest BCUT2D eigenvalue weighted by Crippen LogP contribution is 2.27. The Balaban J connectivity index is 2.07. The highest BCUT2D eigenvalue weighted by atomic mass is 16.5. The molecule has 0 saturated carbocycles. The molecular weight excluding hydrogens is 388 g/mol. The Morgan fingerprint density at radius 2 is 1.39 bits per heavy atom. The molecule has 0 saturated heterocycles. The first-order chi connectivity index (χ1) is 14.9. The molecule has 2 amide bonds. The number of rotatable bonds is 16. The number of benzene rings is 1. The van der Waals surface area contributed by atoms with Crippen LogP contribution in [0.3, 0.4) is 0 Å². The standard InChI is InChI=1S/C26H44N2O3/c1-5-6-7-8-9-10-11-12-13-14-15-16-25(29)27-28-26(30)20-31-24-19-22(4)17-18-23(24)21(2)3/h17-19,21H,5-16,20H2,1-4H3,(H,27,29)(H,28,30). The van der Waals surface area contributed by atoms with Gasteiger partial charge in [0.1, 0.15) is 5.75 Å². The van der Waals surface area contributed by atoms with Crippen molar-refractivity contribution in [2.24, 2.45) is 0 Å². The van der Waals surface area contributed by atoms with Crippen LogP contribution in [0.25, 0.3) is 0 Å². The number of amides is 2. The van der Waals surface area contributed by atoms with E-state index in [9.17, 15) is 9.59 Å². The van der Waals surface area contributed by atoms with Crippen LogP contribution < -0.4 is 15.6 Å². The van der Waals surface area contributed by atoms with Gasteiger partial charge in [-0.05, 0) is 36.5 Å². The van der Waals surface area contributed by atoms with E-state index in [0.29, 0.717) is 12.3 Å². The molecule has 31 heavy (non-hydrogen) atoms. The monoisotopic (exact) mass is 432 g/mol. The van der Waals surface area contributed by atoms with E-state index in [1.165, 1.54) is 57.8 Å². The molecule has 0 atom stereocenters. The lowest BCUT2D eigenvalue weighted by atomic mass is 10.0. The van der Waals surface area contributed by atoms with Gasteiger partial charge in [0.05, 0.1) is 0 Å². The molecule has 176 valence electrons. The van der Waals surface area contributed by atoms with Gasteiger partial charge in [-0.15, -0.1) is 0 Å². The summed E-state index contributed by atoms with van der Waals surface area (Å²) in [6, 6.07) is 6.01. The number of aryl methyl sites for hydroxylation is 1. The van der Waals surface area contributed by atoms with Crippen molar-refractivity contribution < 1.29 is 14.3 Å². The van der Waals surface area contributed by atoms with Gasteiger partial charge in [-0.2, -0.15) is 0 Å². The second-order valence-electron chi connectivity index (χ2n) is 8.87. The van der Waals surface area contributed by atoms with E-state index < -0.39 is 0 Å². The van der Waals surface area contributed by atoms with E-state index in [1.54, 1.807) is 0 Å². The summed E-state index contributed by atoms with van der Waals surface area (Å²) in [4.78, 5) is 23.9. The number of nitrogens with one attached hydrogen (secondary N) is 2. The van der Waals surface area contributed by atoms with Crippen LogP contribution in [0.5, 0.6) is 5.75 Å². The molecule has 5 nitrogen and oxygen atoms in total. The third-order valence-electron chi connectivity index (χ3n) is 5.50. The van der Waals surface area contributed by atoms with Crippen molar-refractivity contribution in [2.45, 2.75) is 111 Å². The zero-order chi connectivity index (χ0) is 22.9. The lowest BCUT2D eigenvalue weighted by Gasteiger charge is -2.15. The van der Waals surface area contributed by atoms with Gasteiger partial charge in [-0.1, -0.05) is 97.1 Å². The molecule has 1 aromatic carbocycles. The number of ether oxygens (including phenoxy) is 1. The minimum atomic E-state index is -0.358. The van der Waals surface area contributed by atoms with Crippen molar-refractivity contribution in [3.05, 3.63) is 29.3 Å². The third-order valence-corrected chi connectivity index (χ3v) is 5.50. The van der Waals surface area contributed by atoms with Gasteiger partial charge in [0.25, 0.3) is 5.91 Å². The summed E-state index contributed by atoms with van der Waals surface area (Å²) in [5.74, 6) is 0.521. The van der Waals surface area contributed by atoms with Crippen molar-refractivity contribution in [1.29, 1.82) is 0 Å². The first-order valence-electron chi connectivity index (χ1n) is 12.2. The van der Waals surface area contributed by atoms with Crippen molar-refractivity contribution in [1.82, 2.24) is 10.9 Å². The van der Waals surface area contributed by atoms with Gasteiger partial charge in [-0.3, -0.25) is 20.4 Å². The molecule has 0 aliphatic rings. The minimum absolute atomic E-state index is 0.123. The number of unbranched alkanes of at least 4 members (excludes halogenated alkanes) is 10. The maximum absolute atomic E-state index is 12.0. The smallest absolute Gasteiger partial charge is 0.276 e. The van der Waals surface area contributed by atoms with Crippen molar-refractivity contribution in [3.8, 4) is 5.75 Å².